The normalized spacial score (nSPS) is 11.2. The number of benzene rings is 3. The molecule has 0 aliphatic heterocycles. The number of nitrogens with one attached hydrogen (secondary N) is 1. The molecule has 0 aliphatic rings. The quantitative estimate of drug-likeness (QED) is 0.205. The van der Waals surface area contributed by atoms with E-state index in [2.05, 4.69) is 15.5 Å². The molecule has 4 aromatic rings. The summed E-state index contributed by atoms with van der Waals surface area (Å²) >= 11 is 1.35. The Bertz CT molecular complexity index is 1260. The third-order valence-electron chi connectivity index (χ3n) is 4.79. The number of nitro benzene ring substituents is 1. The van der Waals surface area contributed by atoms with E-state index >= 15 is 0 Å². The van der Waals surface area contributed by atoms with E-state index < -0.39 is 10.9 Å². The molecule has 0 atom stereocenters. The maximum absolute atomic E-state index is 11.8. The van der Waals surface area contributed by atoms with E-state index in [1.54, 1.807) is 6.07 Å². The van der Waals surface area contributed by atoms with Crippen LogP contribution in [0.5, 0.6) is 0 Å². The van der Waals surface area contributed by atoms with Crippen molar-refractivity contribution >= 4 is 33.8 Å². The lowest BCUT2D eigenvalue weighted by Crippen LogP contribution is -2.18. The predicted molar refractivity (Wildman–Crippen MR) is 128 cm³/mol. The number of nitro groups is 1. The maximum atomic E-state index is 11.8. The number of rotatable bonds is 8. The van der Waals surface area contributed by atoms with Gasteiger partial charge in [0.05, 0.1) is 15.5 Å². The summed E-state index contributed by atoms with van der Waals surface area (Å²) in [7, 11) is 0. The number of para-hydroxylation sites is 1. The Balaban J connectivity index is 1.67. The molecule has 0 saturated heterocycles. The van der Waals surface area contributed by atoms with Crippen LogP contribution >= 0.6 is 11.3 Å². The fourth-order valence-electron chi connectivity index (χ4n) is 3.24. The molecule has 33 heavy (non-hydrogen) atoms. The van der Waals surface area contributed by atoms with Crippen molar-refractivity contribution in [2.75, 3.05) is 5.43 Å². The summed E-state index contributed by atoms with van der Waals surface area (Å²) in [5, 5.41) is 25.3. The van der Waals surface area contributed by atoms with Crippen molar-refractivity contribution in [3.63, 3.8) is 0 Å². The number of hydrogen-bond donors (Lipinski definition) is 2. The van der Waals surface area contributed by atoms with Gasteiger partial charge in [0.25, 0.3) is 5.69 Å². The summed E-state index contributed by atoms with van der Waals surface area (Å²) in [6.45, 7) is 0. The van der Waals surface area contributed by atoms with Gasteiger partial charge in [0, 0.05) is 23.6 Å². The molecular formula is C24H18N4O4S. The van der Waals surface area contributed by atoms with E-state index in [0.29, 0.717) is 5.13 Å². The Kier molecular flexibility index (Phi) is 6.51. The fraction of sp³-hybridized carbons (Fsp3) is 0.0417. The smallest absolute Gasteiger partial charge is 0.352 e. The van der Waals surface area contributed by atoms with Gasteiger partial charge >= 0.3 is 5.97 Å². The zero-order valence-electron chi connectivity index (χ0n) is 17.2. The number of aromatic nitrogens is 1. The summed E-state index contributed by atoms with van der Waals surface area (Å²) in [5.74, 6) is -1.27. The van der Waals surface area contributed by atoms with Crippen molar-refractivity contribution in [3.8, 4) is 21.7 Å². The Morgan fingerprint density at radius 2 is 1.58 bits per heavy atom. The number of carbonyl (C=O) groups is 1. The minimum absolute atomic E-state index is 0.154. The number of thiazole rings is 1. The van der Waals surface area contributed by atoms with Crippen LogP contribution in [0.4, 0.5) is 10.8 Å². The van der Waals surface area contributed by atoms with Gasteiger partial charge in [-0.2, -0.15) is 5.10 Å². The van der Waals surface area contributed by atoms with Crippen LogP contribution in [0.3, 0.4) is 0 Å². The molecule has 0 saturated carbocycles. The summed E-state index contributed by atoms with van der Waals surface area (Å²) in [5.41, 5.74) is 5.23. The van der Waals surface area contributed by atoms with Gasteiger partial charge in [-0.25, -0.2) is 9.78 Å². The molecule has 0 aliphatic carbocycles. The summed E-state index contributed by atoms with van der Waals surface area (Å²) < 4.78 is 0. The second-order valence-electron chi connectivity index (χ2n) is 6.97. The lowest BCUT2D eigenvalue weighted by atomic mass is 10.1. The van der Waals surface area contributed by atoms with Crippen molar-refractivity contribution in [2.45, 2.75) is 6.42 Å². The maximum Gasteiger partial charge on any atom is 0.352 e. The number of hydrazone groups is 1. The topological polar surface area (TPSA) is 118 Å². The van der Waals surface area contributed by atoms with Crippen LogP contribution < -0.4 is 5.43 Å². The molecule has 1 aromatic heterocycles. The van der Waals surface area contributed by atoms with Gasteiger partial charge in [-0.05, 0) is 5.56 Å². The van der Waals surface area contributed by atoms with Crippen molar-refractivity contribution in [1.29, 1.82) is 0 Å². The van der Waals surface area contributed by atoms with Crippen LogP contribution in [0.15, 0.2) is 90.0 Å². The lowest BCUT2D eigenvalue weighted by molar-refractivity contribution is -0.385. The van der Waals surface area contributed by atoms with Crippen LogP contribution in [0.1, 0.15) is 5.56 Å². The van der Waals surface area contributed by atoms with E-state index in [9.17, 15) is 20.0 Å². The van der Waals surface area contributed by atoms with Crippen LogP contribution in [-0.4, -0.2) is 26.7 Å². The van der Waals surface area contributed by atoms with E-state index in [1.165, 1.54) is 29.5 Å². The zero-order valence-corrected chi connectivity index (χ0v) is 18.0. The van der Waals surface area contributed by atoms with Gasteiger partial charge in [-0.15, -0.1) is 0 Å². The number of nitrogens with zero attached hydrogens (tertiary/aromatic N) is 3. The Morgan fingerprint density at radius 3 is 2.21 bits per heavy atom. The van der Waals surface area contributed by atoms with Gasteiger partial charge < -0.3 is 5.11 Å². The molecule has 0 fully saturated rings. The average Bonchev–Trinajstić information content (AvgIpc) is 3.27. The Morgan fingerprint density at radius 1 is 0.970 bits per heavy atom. The zero-order chi connectivity index (χ0) is 23.2. The van der Waals surface area contributed by atoms with Gasteiger partial charge in [0.15, 0.2) is 0 Å². The number of carboxylic acid groups (broad SMARTS) is 1. The number of anilines is 1. The Labute approximate surface area is 193 Å². The highest BCUT2D eigenvalue weighted by Gasteiger charge is 2.19. The molecule has 0 spiro atoms. The van der Waals surface area contributed by atoms with E-state index in [0.717, 1.165) is 21.7 Å². The molecule has 2 N–H and O–H groups in total. The molecule has 0 unspecified atom stereocenters. The van der Waals surface area contributed by atoms with Crippen LogP contribution in [0.2, 0.25) is 0 Å². The molecule has 164 valence electrons. The van der Waals surface area contributed by atoms with Crippen LogP contribution in [0, 0.1) is 10.1 Å². The largest absolute Gasteiger partial charge is 0.477 e. The summed E-state index contributed by atoms with van der Waals surface area (Å²) in [4.78, 5) is 28.0. The minimum Gasteiger partial charge on any atom is -0.477 e. The molecular weight excluding hydrogens is 440 g/mol. The highest BCUT2D eigenvalue weighted by molar-refractivity contribution is 7.19. The monoisotopic (exact) mass is 458 g/mol. The van der Waals surface area contributed by atoms with Gasteiger partial charge in [0.2, 0.25) is 5.13 Å². The SMILES string of the molecule is O=C(O)/C(Cc1ccccc1[N+](=O)[O-])=N\Nc1nc(-c2ccccc2)c(-c2ccccc2)s1. The number of aliphatic carboxylic acids is 1. The van der Waals surface area contributed by atoms with E-state index in [1.807, 2.05) is 60.7 Å². The molecule has 8 nitrogen and oxygen atoms in total. The first-order chi connectivity index (χ1) is 16.0. The van der Waals surface area contributed by atoms with Crippen molar-refractivity contribution in [3.05, 3.63) is 101 Å². The fourth-order valence-corrected chi connectivity index (χ4v) is 4.18. The molecule has 0 bridgehead atoms. The minimum atomic E-state index is -1.27. The highest BCUT2D eigenvalue weighted by atomic mass is 32.1. The van der Waals surface area contributed by atoms with E-state index in [-0.39, 0.29) is 23.4 Å². The van der Waals surface area contributed by atoms with Crippen LogP contribution in [-0.2, 0) is 11.2 Å². The van der Waals surface area contributed by atoms with Crippen LogP contribution in [0.25, 0.3) is 21.7 Å². The molecule has 0 radical (unpaired) electrons. The van der Waals surface area contributed by atoms with E-state index in [4.69, 9.17) is 0 Å². The third-order valence-corrected chi connectivity index (χ3v) is 5.80. The first kappa shape index (κ1) is 21.8. The lowest BCUT2D eigenvalue weighted by Gasteiger charge is -2.03. The standard InChI is InChI=1S/C24H18N4O4S/c29-23(30)19(15-18-13-7-8-14-20(18)28(31)32)26-27-24-25-21(16-9-3-1-4-10-16)22(33-24)17-11-5-2-6-12-17/h1-14H,15H2,(H,25,27)(H,29,30)/b26-19-. The number of hydrogen-bond acceptors (Lipinski definition) is 7. The Hall–Kier alpha value is -4.37. The van der Waals surface area contributed by atoms with Crippen molar-refractivity contribution in [1.82, 2.24) is 4.98 Å². The summed E-state index contributed by atoms with van der Waals surface area (Å²) in [6, 6.07) is 25.4. The summed E-state index contributed by atoms with van der Waals surface area (Å²) in [6.07, 6.45) is -0.206. The predicted octanol–water partition coefficient (Wildman–Crippen LogP) is 5.48. The van der Waals surface area contributed by atoms with Crippen molar-refractivity contribution < 1.29 is 14.8 Å². The second kappa shape index (κ2) is 9.84. The van der Waals surface area contributed by atoms with Crippen molar-refractivity contribution in [2.24, 2.45) is 5.10 Å². The first-order valence-corrected chi connectivity index (χ1v) is 10.7. The third kappa shape index (κ3) is 5.10. The highest BCUT2D eigenvalue weighted by Crippen LogP contribution is 2.38. The molecule has 1 heterocycles. The molecule has 4 rings (SSSR count). The van der Waals surface area contributed by atoms with Gasteiger partial charge in [0.1, 0.15) is 5.71 Å². The average molecular weight is 458 g/mol. The van der Waals surface area contributed by atoms with Gasteiger partial charge in [-0.3, -0.25) is 15.5 Å². The number of carboxylic acids is 1. The van der Waals surface area contributed by atoms with Gasteiger partial charge in [-0.1, -0.05) is 90.2 Å². The molecule has 9 heteroatoms. The molecule has 3 aromatic carbocycles. The second-order valence-corrected chi connectivity index (χ2v) is 7.97. The first-order valence-electron chi connectivity index (χ1n) is 9.92. The molecule has 0 amide bonds.